The van der Waals surface area contributed by atoms with E-state index >= 15 is 0 Å². The highest BCUT2D eigenvalue weighted by Crippen LogP contribution is 2.15. The Morgan fingerprint density at radius 3 is 0.904 bits per heavy atom. The molecule has 0 radical (unpaired) electrons. The molecule has 0 saturated heterocycles. The van der Waals surface area contributed by atoms with Crippen molar-refractivity contribution < 1.29 is 28.8 Å². The van der Waals surface area contributed by atoms with Crippen LogP contribution in [-0.4, -0.2) is 111 Å². The van der Waals surface area contributed by atoms with Crippen LogP contribution in [0.3, 0.4) is 0 Å². The standard InChI is InChI=1S/C44H90N4O4/c1-5-7-9-11-13-15-17-21-25-29-33-45-43(51)41-47(3,37-39-49)35-31-27-23-19-20-24-28-32-36-48(4,38-40-50)42-44(52)46-34-30-26-22-18-16-14-12-10-8-6-2/h49-50H,5-42H2,1-4H3/p+2. The van der Waals surface area contributed by atoms with Crippen LogP contribution in [-0.2, 0) is 9.59 Å². The van der Waals surface area contributed by atoms with E-state index in [1.807, 2.05) is 0 Å². The lowest BCUT2D eigenvalue weighted by atomic mass is 10.1. The predicted octanol–water partition coefficient (Wildman–Crippen LogP) is 9.06. The number of nitrogens with zero attached hydrogens (tertiary/aromatic N) is 2. The third-order valence-electron chi connectivity index (χ3n) is 11.2. The molecule has 0 heterocycles. The summed E-state index contributed by atoms with van der Waals surface area (Å²) in [5, 5.41) is 25.6. The van der Waals surface area contributed by atoms with E-state index in [-0.39, 0.29) is 25.0 Å². The Morgan fingerprint density at radius 1 is 0.385 bits per heavy atom. The molecular weight excluding hydrogens is 649 g/mol. The summed E-state index contributed by atoms with van der Waals surface area (Å²) < 4.78 is 1.23. The number of quaternary nitrogens is 2. The van der Waals surface area contributed by atoms with Gasteiger partial charge in [0, 0.05) is 13.1 Å². The van der Waals surface area contributed by atoms with Crippen LogP contribution in [0.15, 0.2) is 0 Å². The van der Waals surface area contributed by atoms with Crippen LogP contribution in [0.4, 0.5) is 0 Å². The van der Waals surface area contributed by atoms with Gasteiger partial charge in [-0.25, -0.2) is 0 Å². The summed E-state index contributed by atoms with van der Waals surface area (Å²) >= 11 is 0. The fraction of sp³-hybridized carbons (Fsp3) is 0.955. The monoisotopic (exact) mass is 741 g/mol. The van der Waals surface area contributed by atoms with Gasteiger partial charge >= 0.3 is 0 Å². The van der Waals surface area contributed by atoms with Crippen molar-refractivity contribution in [2.75, 3.05) is 79.7 Å². The number of hydrogen-bond acceptors (Lipinski definition) is 4. The van der Waals surface area contributed by atoms with Gasteiger partial charge in [-0.15, -0.1) is 0 Å². The highest BCUT2D eigenvalue weighted by Gasteiger charge is 2.25. The van der Waals surface area contributed by atoms with Crippen LogP contribution in [0, 0.1) is 0 Å². The minimum Gasteiger partial charge on any atom is -0.391 e. The van der Waals surface area contributed by atoms with Gasteiger partial charge in [0.05, 0.1) is 40.4 Å². The number of rotatable bonds is 41. The molecule has 0 aliphatic carbocycles. The minimum atomic E-state index is 0.113. The lowest BCUT2D eigenvalue weighted by Gasteiger charge is -2.33. The highest BCUT2D eigenvalue weighted by atomic mass is 16.3. The summed E-state index contributed by atoms with van der Waals surface area (Å²) in [6, 6.07) is 0. The van der Waals surface area contributed by atoms with E-state index in [0.29, 0.717) is 35.1 Å². The van der Waals surface area contributed by atoms with E-state index in [2.05, 4.69) is 38.6 Å². The van der Waals surface area contributed by atoms with Gasteiger partial charge in [-0.3, -0.25) is 9.59 Å². The van der Waals surface area contributed by atoms with Gasteiger partial charge in [-0.1, -0.05) is 155 Å². The van der Waals surface area contributed by atoms with Crippen molar-refractivity contribution in [3.05, 3.63) is 0 Å². The third kappa shape index (κ3) is 33.4. The zero-order valence-electron chi connectivity index (χ0n) is 35.5. The van der Waals surface area contributed by atoms with E-state index in [4.69, 9.17) is 0 Å². The summed E-state index contributed by atoms with van der Waals surface area (Å²) in [7, 11) is 4.23. The van der Waals surface area contributed by atoms with Gasteiger partial charge in [-0.05, 0) is 38.5 Å². The second-order valence-corrected chi connectivity index (χ2v) is 16.8. The first-order valence-electron chi connectivity index (χ1n) is 22.7. The lowest BCUT2D eigenvalue weighted by Crippen LogP contribution is -2.52. The van der Waals surface area contributed by atoms with Gasteiger partial charge in [0.15, 0.2) is 13.1 Å². The Labute approximate surface area is 323 Å². The molecule has 0 aromatic rings. The molecule has 0 bridgehead atoms. The maximum atomic E-state index is 12.7. The number of likely N-dealkylation sites (N-methyl/N-ethyl adjacent to an activating group) is 2. The normalized spacial score (nSPS) is 13.9. The molecule has 310 valence electrons. The molecule has 0 spiro atoms. The Bertz CT molecular complexity index is 736. The molecular formula is C44H92N4O4+2. The number of nitrogens with one attached hydrogen (secondary N) is 2. The second kappa shape index (κ2) is 36.7. The van der Waals surface area contributed by atoms with Crippen molar-refractivity contribution in [3.63, 3.8) is 0 Å². The first kappa shape index (κ1) is 50.8. The van der Waals surface area contributed by atoms with E-state index in [9.17, 15) is 19.8 Å². The molecule has 4 N–H and O–H groups in total. The molecule has 2 atom stereocenters. The molecule has 52 heavy (non-hydrogen) atoms. The van der Waals surface area contributed by atoms with Crippen molar-refractivity contribution in [2.24, 2.45) is 0 Å². The molecule has 0 aromatic heterocycles. The lowest BCUT2D eigenvalue weighted by molar-refractivity contribution is -0.902. The first-order chi connectivity index (χ1) is 25.2. The zero-order chi connectivity index (χ0) is 38.4. The minimum absolute atomic E-state index is 0.113. The quantitative estimate of drug-likeness (QED) is 0.0372. The smallest absolute Gasteiger partial charge is 0.275 e. The van der Waals surface area contributed by atoms with Crippen LogP contribution in [0.1, 0.15) is 194 Å². The van der Waals surface area contributed by atoms with Crippen LogP contribution >= 0.6 is 0 Å². The van der Waals surface area contributed by atoms with Gasteiger partial charge in [-0.2, -0.15) is 0 Å². The molecule has 0 aliphatic rings. The number of amides is 2. The maximum absolute atomic E-state index is 12.7. The highest BCUT2D eigenvalue weighted by molar-refractivity contribution is 5.77. The number of carbonyl (C=O) groups is 2. The number of aliphatic hydroxyl groups is 2. The van der Waals surface area contributed by atoms with E-state index in [1.54, 1.807) is 0 Å². The molecule has 0 saturated carbocycles. The number of hydrogen-bond donors (Lipinski definition) is 4. The summed E-state index contributed by atoms with van der Waals surface area (Å²) in [5.74, 6) is 0.233. The first-order valence-corrected chi connectivity index (χ1v) is 22.7. The molecule has 8 nitrogen and oxygen atoms in total. The summed E-state index contributed by atoms with van der Waals surface area (Å²) in [4.78, 5) is 25.4. The Kier molecular flexibility index (Phi) is 35.9. The fourth-order valence-corrected chi connectivity index (χ4v) is 7.56. The van der Waals surface area contributed by atoms with Crippen LogP contribution in [0.25, 0.3) is 0 Å². The Hall–Kier alpha value is -1.22. The SMILES string of the molecule is CCCCCCCCCCCCNC(=O)C[N+](C)(CCO)CCCCCCCCCC[N+](C)(CCO)CC(=O)NCCCCCCCCCCCC. The van der Waals surface area contributed by atoms with Gasteiger partial charge in [0.1, 0.15) is 13.1 Å². The van der Waals surface area contributed by atoms with Crippen LogP contribution < -0.4 is 10.6 Å². The molecule has 0 aliphatic heterocycles. The van der Waals surface area contributed by atoms with Crippen molar-refractivity contribution in [3.8, 4) is 0 Å². The Balaban J connectivity index is 3.98. The molecule has 0 rings (SSSR count). The fourth-order valence-electron chi connectivity index (χ4n) is 7.56. The zero-order valence-corrected chi connectivity index (χ0v) is 35.5. The number of aliphatic hydroxyl groups excluding tert-OH is 2. The van der Waals surface area contributed by atoms with E-state index < -0.39 is 0 Å². The van der Waals surface area contributed by atoms with Crippen LogP contribution in [0.2, 0.25) is 0 Å². The maximum Gasteiger partial charge on any atom is 0.275 e. The van der Waals surface area contributed by atoms with Gasteiger partial charge in [0.25, 0.3) is 11.8 Å². The summed E-state index contributed by atoms with van der Waals surface area (Å²) in [6.45, 7) is 10.3. The molecule has 0 fully saturated rings. The molecule has 8 heteroatoms. The average molecular weight is 741 g/mol. The number of unbranched alkanes of at least 4 members (excludes halogenated alkanes) is 25. The summed E-state index contributed by atoms with van der Waals surface area (Å²) in [5.41, 5.74) is 0. The van der Waals surface area contributed by atoms with Crippen molar-refractivity contribution >= 4 is 11.8 Å². The van der Waals surface area contributed by atoms with Gasteiger partial charge in [0.2, 0.25) is 0 Å². The average Bonchev–Trinajstić information content (AvgIpc) is 3.10. The van der Waals surface area contributed by atoms with Gasteiger partial charge < -0.3 is 29.8 Å². The third-order valence-corrected chi connectivity index (χ3v) is 11.2. The number of carbonyl (C=O) groups excluding carboxylic acids is 2. The van der Waals surface area contributed by atoms with E-state index in [0.717, 1.165) is 51.9 Å². The second-order valence-electron chi connectivity index (χ2n) is 16.8. The van der Waals surface area contributed by atoms with Crippen molar-refractivity contribution in [1.82, 2.24) is 10.6 Å². The largest absolute Gasteiger partial charge is 0.391 e. The molecule has 2 unspecified atom stereocenters. The predicted molar refractivity (Wildman–Crippen MR) is 222 cm³/mol. The topological polar surface area (TPSA) is 98.7 Å². The molecule has 0 aromatic carbocycles. The van der Waals surface area contributed by atoms with Crippen molar-refractivity contribution in [1.29, 1.82) is 0 Å². The summed E-state index contributed by atoms with van der Waals surface area (Å²) in [6.07, 6.45) is 35.4. The molecule has 2 amide bonds. The van der Waals surface area contributed by atoms with Crippen LogP contribution in [0.5, 0.6) is 0 Å². The van der Waals surface area contributed by atoms with Crippen molar-refractivity contribution in [2.45, 2.75) is 194 Å². The Morgan fingerprint density at radius 2 is 0.635 bits per heavy atom. The van der Waals surface area contributed by atoms with E-state index in [1.165, 1.54) is 154 Å².